The van der Waals surface area contributed by atoms with Gasteiger partial charge in [-0.05, 0) is 50.5 Å². The van der Waals surface area contributed by atoms with Gasteiger partial charge in [-0.1, -0.05) is 18.2 Å². The van der Waals surface area contributed by atoms with Crippen LogP contribution in [-0.4, -0.2) is 60.7 Å². The first-order valence-electron chi connectivity index (χ1n) is 14.1. The van der Waals surface area contributed by atoms with Gasteiger partial charge >= 0.3 is 19.5 Å². The number of nitrogens with one attached hydrogen (secondary N) is 1. The topological polar surface area (TPSA) is 247 Å². The van der Waals surface area contributed by atoms with E-state index in [1.54, 1.807) is 30.3 Å². The smallest absolute Gasteiger partial charge is 0.456 e. The Bertz CT molecular complexity index is 1900. The number of nitrogens with zero attached hydrogens (tertiary/aromatic N) is 4. The minimum Gasteiger partial charge on any atom is -0.456 e. The summed E-state index contributed by atoms with van der Waals surface area (Å²) in [5.74, 6) is -1.38. The van der Waals surface area contributed by atoms with Crippen LogP contribution in [0.3, 0.4) is 0 Å². The molecular weight excluding hydrogens is 627 g/mol. The fourth-order valence-electron chi connectivity index (χ4n) is 5.29. The number of aryl methyl sites for hydroxylation is 1. The normalized spacial score (nSPS) is 25.0. The molecule has 46 heavy (non-hydrogen) atoms. The van der Waals surface area contributed by atoms with E-state index in [1.165, 1.54) is 29.9 Å². The number of rotatable bonds is 11. The van der Waals surface area contributed by atoms with E-state index in [9.17, 15) is 29.6 Å². The average Bonchev–Trinajstić information content (AvgIpc) is 3.67. The number of esters is 1. The number of carbonyl (C=O) groups excluding carboxylic acids is 1. The maximum atomic E-state index is 14.4. The molecule has 0 bridgehead atoms. The standard InChI is InChI=1S/C28H29N6O11P/c1-16-20(43-26(38)42-16)12-40-25(37)27(10-5-11-27)33-46(39,45-17-6-3-2-4-7-17)41-14-28(13-29)23(36)21(35)22(44-28)18-8-9-19-24(30)31-15-32-34(18)19/h2-4,6-9,15,21-23,35-36H,5,10-12,14H2,1H3,(H,33,39)(H2,30,31,32)/t21-,22-,23-,28+,46?/m0/s1. The molecule has 1 aliphatic heterocycles. The quantitative estimate of drug-likeness (QED) is 0.132. The highest BCUT2D eigenvalue weighted by Gasteiger charge is 2.58. The van der Waals surface area contributed by atoms with Crippen molar-refractivity contribution in [2.45, 2.75) is 62.2 Å². The summed E-state index contributed by atoms with van der Waals surface area (Å²) >= 11 is 0. The Hall–Kier alpha value is -4.56. The molecule has 1 saturated carbocycles. The number of benzene rings is 1. The van der Waals surface area contributed by atoms with E-state index in [4.69, 9.17) is 33.1 Å². The Morgan fingerprint density at radius 1 is 1.24 bits per heavy atom. The Morgan fingerprint density at radius 3 is 2.65 bits per heavy atom. The number of aliphatic hydroxyl groups excluding tert-OH is 2. The van der Waals surface area contributed by atoms with Gasteiger partial charge in [0.2, 0.25) is 5.60 Å². The second-order valence-electron chi connectivity index (χ2n) is 10.9. The number of para-hydroxylation sites is 1. The zero-order chi connectivity index (χ0) is 32.7. The molecule has 2 fully saturated rings. The molecule has 0 radical (unpaired) electrons. The van der Waals surface area contributed by atoms with Crippen molar-refractivity contribution < 1.29 is 46.9 Å². The van der Waals surface area contributed by atoms with Crippen molar-refractivity contribution >= 4 is 25.1 Å². The highest BCUT2D eigenvalue weighted by atomic mass is 31.2. The van der Waals surface area contributed by atoms with E-state index in [0.717, 1.165) is 0 Å². The SMILES string of the molecule is Cc1oc(=O)oc1COC(=O)C1(NP(=O)(OC[C@@]2(C#N)O[C@@H](c3ccc4c(N)ncnn34)[C@H](O)[C@@H]2O)Oc2ccccc2)CCC1. The molecule has 0 spiro atoms. The third-order valence-electron chi connectivity index (χ3n) is 7.98. The summed E-state index contributed by atoms with van der Waals surface area (Å²) in [6, 6.07) is 12.9. The monoisotopic (exact) mass is 656 g/mol. The Kier molecular flexibility index (Phi) is 8.19. The van der Waals surface area contributed by atoms with Crippen LogP contribution in [0.4, 0.5) is 5.82 Å². The minimum atomic E-state index is -4.57. The summed E-state index contributed by atoms with van der Waals surface area (Å²) < 4.78 is 48.2. The second-order valence-corrected chi connectivity index (χ2v) is 12.6. The summed E-state index contributed by atoms with van der Waals surface area (Å²) in [6.07, 6.45) is -2.64. The zero-order valence-electron chi connectivity index (χ0n) is 24.3. The number of carbonyl (C=O) groups is 1. The predicted molar refractivity (Wildman–Crippen MR) is 154 cm³/mol. The van der Waals surface area contributed by atoms with Crippen molar-refractivity contribution in [3.05, 3.63) is 76.6 Å². The molecule has 1 saturated heterocycles. The maximum absolute atomic E-state index is 14.4. The zero-order valence-corrected chi connectivity index (χ0v) is 25.2. The summed E-state index contributed by atoms with van der Waals surface area (Å²) in [5.41, 5.74) is 2.79. The second kappa shape index (κ2) is 12.0. The fourth-order valence-corrected chi connectivity index (χ4v) is 7.05. The molecule has 1 unspecified atom stereocenters. The number of nitriles is 1. The molecule has 242 valence electrons. The van der Waals surface area contributed by atoms with Crippen LogP contribution in [0, 0.1) is 18.3 Å². The van der Waals surface area contributed by atoms with E-state index in [1.807, 2.05) is 6.07 Å². The molecule has 2 aliphatic rings. The van der Waals surface area contributed by atoms with Crippen LogP contribution < -0.4 is 21.2 Å². The van der Waals surface area contributed by atoms with Crippen molar-refractivity contribution in [2.24, 2.45) is 0 Å². The lowest BCUT2D eigenvalue weighted by Crippen LogP contribution is -2.57. The molecular formula is C28H29N6O11P. The van der Waals surface area contributed by atoms with Crippen LogP contribution >= 0.6 is 7.75 Å². The van der Waals surface area contributed by atoms with Crippen molar-refractivity contribution in [2.75, 3.05) is 12.3 Å². The molecule has 1 aliphatic carbocycles. The first kappa shape index (κ1) is 31.4. The van der Waals surface area contributed by atoms with Gasteiger partial charge < -0.3 is 38.8 Å². The van der Waals surface area contributed by atoms with Gasteiger partial charge in [0, 0.05) is 0 Å². The van der Waals surface area contributed by atoms with Crippen molar-refractivity contribution in [1.82, 2.24) is 19.7 Å². The highest BCUT2D eigenvalue weighted by Crippen LogP contribution is 2.52. The molecule has 5 atom stereocenters. The molecule has 17 nitrogen and oxygen atoms in total. The van der Waals surface area contributed by atoms with Crippen LogP contribution in [-0.2, 0) is 30.0 Å². The van der Waals surface area contributed by atoms with E-state index < -0.39 is 62.2 Å². The molecule has 6 rings (SSSR count). The number of ether oxygens (including phenoxy) is 2. The first-order chi connectivity index (χ1) is 22.0. The van der Waals surface area contributed by atoms with Crippen LogP contribution in [0.25, 0.3) is 5.52 Å². The number of nitrogen functional groups attached to an aromatic ring is 1. The van der Waals surface area contributed by atoms with E-state index in [2.05, 4.69) is 15.2 Å². The predicted octanol–water partition coefficient (Wildman–Crippen LogP) is 1.68. The largest absolute Gasteiger partial charge is 0.519 e. The Labute approximate surface area is 260 Å². The van der Waals surface area contributed by atoms with Crippen LogP contribution in [0.5, 0.6) is 5.75 Å². The Morgan fingerprint density at radius 2 is 2.00 bits per heavy atom. The summed E-state index contributed by atoms with van der Waals surface area (Å²) in [5, 5.41) is 39.1. The van der Waals surface area contributed by atoms with Gasteiger partial charge in [-0.3, -0.25) is 9.32 Å². The minimum absolute atomic E-state index is 0.00847. The van der Waals surface area contributed by atoms with Gasteiger partial charge in [-0.25, -0.2) is 18.9 Å². The number of aromatic nitrogens is 3. The van der Waals surface area contributed by atoms with Crippen LogP contribution in [0.15, 0.2) is 62.4 Å². The lowest BCUT2D eigenvalue weighted by Gasteiger charge is -2.41. The number of aliphatic hydroxyl groups is 2. The molecule has 5 N–H and O–H groups in total. The average molecular weight is 657 g/mol. The lowest BCUT2D eigenvalue weighted by atomic mass is 9.78. The van der Waals surface area contributed by atoms with Crippen molar-refractivity contribution in [3.63, 3.8) is 0 Å². The summed E-state index contributed by atoms with van der Waals surface area (Å²) in [6.45, 7) is 0.183. The van der Waals surface area contributed by atoms with Gasteiger partial charge in [0.25, 0.3) is 0 Å². The van der Waals surface area contributed by atoms with Crippen LogP contribution in [0.2, 0.25) is 0 Å². The molecule has 4 heterocycles. The number of anilines is 1. The lowest BCUT2D eigenvalue weighted by molar-refractivity contribution is -0.157. The third kappa shape index (κ3) is 5.66. The number of fused-ring (bicyclic) bond motifs is 1. The van der Waals surface area contributed by atoms with Crippen LogP contribution in [0.1, 0.15) is 42.6 Å². The highest BCUT2D eigenvalue weighted by molar-refractivity contribution is 7.52. The summed E-state index contributed by atoms with van der Waals surface area (Å²) in [4.78, 5) is 28.6. The fraction of sp³-hybridized carbons (Fsp3) is 0.393. The molecule has 1 aromatic carbocycles. The van der Waals surface area contributed by atoms with Gasteiger partial charge in [-0.2, -0.15) is 15.4 Å². The van der Waals surface area contributed by atoms with Crippen molar-refractivity contribution in [3.8, 4) is 11.8 Å². The maximum Gasteiger partial charge on any atom is 0.519 e. The van der Waals surface area contributed by atoms with E-state index >= 15 is 0 Å². The number of hydrogen-bond donors (Lipinski definition) is 4. The van der Waals surface area contributed by atoms with Gasteiger partial charge in [0.1, 0.15) is 54.1 Å². The first-order valence-corrected chi connectivity index (χ1v) is 15.6. The molecule has 0 amide bonds. The number of nitrogens with two attached hydrogens (primary N) is 1. The van der Waals surface area contributed by atoms with Gasteiger partial charge in [-0.15, -0.1) is 0 Å². The molecule has 4 aromatic rings. The third-order valence-corrected chi connectivity index (χ3v) is 9.60. The Balaban J connectivity index is 1.25. The van der Waals surface area contributed by atoms with Gasteiger partial charge in [0.05, 0.1) is 5.69 Å². The molecule has 18 heteroatoms. The van der Waals surface area contributed by atoms with Crippen molar-refractivity contribution in [1.29, 1.82) is 5.26 Å². The van der Waals surface area contributed by atoms with E-state index in [0.29, 0.717) is 11.9 Å². The summed E-state index contributed by atoms with van der Waals surface area (Å²) in [7, 11) is -4.57. The van der Waals surface area contributed by atoms with E-state index in [-0.39, 0.29) is 41.6 Å². The molecule has 3 aromatic heterocycles. The number of hydrogen-bond acceptors (Lipinski definition) is 15. The van der Waals surface area contributed by atoms with Gasteiger partial charge in [0.15, 0.2) is 23.9 Å².